The summed E-state index contributed by atoms with van der Waals surface area (Å²) in [5.74, 6) is 0.883. The van der Waals surface area contributed by atoms with Gasteiger partial charge in [0.25, 0.3) is 0 Å². The molecule has 1 N–H and O–H groups in total. The summed E-state index contributed by atoms with van der Waals surface area (Å²) in [5.41, 5.74) is 10.9. The van der Waals surface area contributed by atoms with Gasteiger partial charge < -0.3 is 5.32 Å². The molecule has 2 aliphatic rings. The maximum Gasteiger partial charge on any atom is 0.128 e. The number of benzene rings is 2. The summed E-state index contributed by atoms with van der Waals surface area (Å²) >= 11 is 0. The van der Waals surface area contributed by atoms with Crippen LogP contribution in [0.2, 0.25) is 0 Å². The summed E-state index contributed by atoms with van der Waals surface area (Å²) in [4.78, 5) is 4.62. The maximum atomic E-state index is 4.62. The van der Waals surface area contributed by atoms with E-state index >= 15 is 0 Å². The molecule has 0 heterocycles. The Morgan fingerprint density at radius 2 is 1.71 bits per heavy atom. The molecular weight excluding hydrogens is 460 g/mol. The van der Waals surface area contributed by atoms with Crippen LogP contribution in [-0.4, -0.2) is 12.9 Å². The third kappa shape index (κ3) is 7.10. The Hall–Kier alpha value is -3.91. The van der Waals surface area contributed by atoms with Crippen molar-refractivity contribution in [3.8, 4) is 0 Å². The normalized spacial score (nSPS) is 17.1. The Labute approximate surface area is 229 Å². The highest BCUT2D eigenvalue weighted by atomic mass is 15.0. The molecule has 1 unspecified atom stereocenters. The van der Waals surface area contributed by atoms with Crippen LogP contribution in [-0.2, 0) is 0 Å². The number of hydrogen-bond acceptors (Lipinski definition) is 1. The highest BCUT2D eigenvalue weighted by Gasteiger charge is 2.12. The molecule has 2 aromatic rings. The summed E-state index contributed by atoms with van der Waals surface area (Å²) in [7, 11) is 1.85. The predicted octanol–water partition coefficient (Wildman–Crippen LogP) is 9.33. The molecule has 2 aliphatic carbocycles. The Bertz CT molecular complexity index is 1370. The van der Waals surface area contributed by atoms with Crippen molar-refractivity contribution in [2.75, 3.05) is 7.05 Å². The van der Waals surface area contributed by atoms with E-state index in [1.807, 2.05) is 14.0 Å². The van der Waals surface area contributed by atoms with Gasteiger partial charge in [-0.2, -0.15) is 0 Å². The lowest BCUT2D eigenvalue weighted by molar-refractivity contribution is 0.716. The molecule has 2 heteroatoms. The van der Waals surface area contributed by atoms with E-state index in [2.05, 4.69) is 128 Å². The quantitative estimate of drug-likeness (QED) is 0.218. The van der Waals surface area contributed by atoms with Crippen molar-refractivity contribution in [2.24, 2.45) is 4.99 Å². The standard InChI is InChI=1S/C36H40N2/c1-26(2)24-34(23-18-29-13-10-9-12-27(29)3)33-16-11-17-35(25-33)36(37-5)38-28(4)30-19-21-32(22-20-30)31-14-7-6-8-15-31/h7,11-25,28H,1,6,8-10H2,2-5H3,(H,37,38)/b23-18-,34-24+. The molecule has 2 aromatic carbocycles. The molecule has 0 amide bonds. The number of aliphatic imine (C=N–C) groups is 1. The fraction of sp³-hybridized carbons (Fsp3) is 0.250. The third-order valence-electron chi connectivity index (χ3n) is 7.07. The molecule has 0 aromatic heterocycles. The summed E-state index contributed by atoms with van der Waals surface area (Å²) in [6, 6.07) is 17.6. The molecule has 0 spiro atoms. The van der Waals surface area contributed by atoms with Crippen LogP contribution >= 0.6 is 0 Å². The number of rotatable bonds is 8. The minimum atomic E-state index is 0.126. The van der Waals surface area contributed by atoms with Gasteiger partial charge in [0.2, 0.25) is 0 Å². The SMILES string of the molecule is C=C(C)/C=C(\C=C/C1=CCCC=C1C)c1cccc(C(=NC)NC(C)c2ccc(C3=CCCC=C3)cc2)c1. The molecule has 1 atom stereocenters. The average molecular weight is 501 g/mol. The van der Waals surface area contributed by atoms with E-state index in [-0.39, 0.29) is 6.04 Å². The first-order chi connectivity index (χ1) is 18.4. The summed E-state index contributed by atoms with van der Waals surface area (Å²) < 4.78 is 0. The lowest BCUT2D eigenvalue weighted by atomic mass is 9.95. The van der Waals surface area contributed by atoms with Gasteiger partial charge in [-0.05, 0) is 91.5 Å². The molecule has 0 saturated heterocycles. The zero-order valence-electron chi connectivity index (χ0n) is 23.3. The number of allylic oxidation sites excluding steroid dienone is 13. The molecular formula is C36H40N2. The topological polar surface area (TPSA) is 24.4 Å². The number of hydrogen-bond donors (Lipinski definition) is 1. The number of nitrogens with one attached hydrogen (secondary N) is 1. The first-order valence-corrected chi connectivity index (χ1v) is 13.7. The molecule has 0 saturated carbocycles. The fourth-order valence-corrected chi connectivity index (χ4v) is 4.89. The van der Waals surface area contributed by atoms with Crippen molar-refractivity contribution in [1.29, 1.82) is 0 Å². The zero-order valence-corrected chi connectivity index (χ0v) is 23.3. The Morgan fingerprint density at radius 1 is 0.974 bits per heavy atom. The van der Waals surface area contributed by atoms with Gasteiger partial charge in [0.1, 0.15) is 5.84 Å². The van der Waals surface area contributed by atoms with Gasteiger partial charge >= 0.3 is 0 Å². The molecule has 0 fully saturated rings. The van der Waals surface area contributed by atoms with E-state index in [1.54, 1.807) is 0 Å². The largest absolute Gasteiger partial charge is 0.363 e. The molecule has 2 nitrogen and oxygen atoms in total. The van der Waals surface area contributed by atoms with Crippen LogP contribution < -0.4 is 5.32 Å². The molecule has 0 bridgehead atoms. The van der Waals surface area contributed by atoms with Crippen molar-refractivity contribution in [2.45, 2.75) is 52.5 Å². The van der Waals surface area contributed by atoms with Gasteiger partial charge in [-0.1, -0.05) is 103 Å². The van der Waals surface area contributed by atoms with E-state index < -0.39 is 0 Å². The second-order valence-corrected chi connectivity index (χ2v) is 10.2. The Morgan fingerprint density at radius 3 is 2.39 bits per heavy atom. The van der Waals surface area contributed by atoms with Crippen LogP contribution in [0.4, 0.5) is 0 Å². The van der Waals surface area contributed by atoms with Gasteiger partial charge in [0.05, 0.1) is 0 Å². The van der Waals surface area contributed by atoms with Crippen molar-refractivity contribution in [3.63, 3.8) is 0 Å². The van der Waals surface area contributed by atoms with E-state index in [0.29, 0.717) is 0 Å². The van der Waals surface area contributed by atoms with Gasteiger partial charge in [-0.15, -0.1) is 0 Å². The maximum absolute atomic E-state index is 4.62. The monoisotopic (exact) mass is 500 g/mol. The van der Waals surface area contributed by atoms with Gasteiger partial charge in [-0.25, -0.2) is 0 Å². The first kappa shape index (κ1) is 27.1. The molecule has 0 radical (unpaired) electrons. The van der Waals surface area contributed by atoms with Crippen molar-refractivity contribution >= 4 is 17.0 Å². The van der Waals surface area contributed by atoms with Crippen LogP contribution in [0.15, 0.2) is 125 Å². The van der Waals surface area contributed by atoms with Crippen LogP contribution in [0, 0.1) is 0 Å². The molecule has 38 heavy (non-hydrogen) atoms. The second-order valence-electron chi connectivity index (χ2n) is 10.2. The van der Waals surface area contributed by atoms with Gasteiger partial charge in [-0.3, -0.25) is 4.99 Å². The zero-order chi connectivity index (χ0) is 26.9. The van der Waals surface area contributed by atoms with Crippen LogP contribution in [0.1, 0.15) is 74.8 Å². The van der Waals surface area contributed by atoms with Crippen molar-refractivity contribution in [3.05, 3.63) is 143 Å². The number of amidine groups is 1. The minimum absolute atomic E-state index is 0.126. The van der Waals surface area contributed by atoms with E-state index in [1.165, 1.54) is 27.8 Å². The van der Waals surface area contributed by atoms with Crippen molar-refractivity contribution in [1.82, 2.24) is 5.32 Å². The predicted molar refractivity (Wildman–Crippen MR) is 166 cm³/mol. The van der Waals surface area contributed by atoms with Gasteiger partial charge in [0, 0.05) is 18.7 Å². The van der Waals surface area contributed by atoms with E-state index in [9.17, 15) is 0 Å². The highest BCUT2D eigenvalue weighted by molar-refractivity contribution is 6.00. The minimum Gasteiger partial charge on any atom is -0.363 e. The lowest BCUT2D eigenvalue weighted by Crippen LogP contribution is -2.27. The Balaban J connectivity index is 1.52. The van der Waals surface area contributed by atoms with E-state index in [0.717, 1.165) is 53.8 Å². The summed E-state index contributed by atoms with van der Waals surface area (Å²) in [5, 5.41) is 3.64. The van der Waals surface area contributed by atoms with E-state index in [4.69, 9.17) is 0 Å². The van der Waals surface area contributed by atoms with Crippen LogP contribution in [0.3, 0.4) is 0 Å². The lowest BCUT2D eigenvalue weighted by Gasteiger charge is -2.19. The summed E-state index contributed by atoms with van der Waals surface area (Å²) in [6.45, 7) is 10.5. The van der Waals surface area contributed by atoms with Crippen LogP contribution in [0.5, 0.6) is 0 Å². The fourth-order valence-electron chi connectivity index (χ4n) is 4.89. The highest BCUT2D eigenvalue weighted by Crippen LogP contribution is 2.26. The Kier molecular flexibility index (Phi) is 9.32. The van der Waals surface area contributed by atoms with Crippen LogP contribution in [0.25, 0.3) is 11.1 Å². The molecule has 194 valence electrons. The third-order valence-corrected chi connectivity index (χ3v) is 7.07. The average Bonchev–Trinajstić information content (AvgIpc) is 2.95. The molecule has 4 rings (SSSR count). The second kappa shape index (κ2) is 13.1. The summed E-state index contributed by atoms with van der Waals surface area (Å²) in [6.07, 6.45) is 22.5. The first-order valence-electron chi connectivity index (χ1n) is 13.7. The number of nitrogens with zero attached hydrogens (tertiary/aromatic N) is 1. The van der Waals surface area contributed by atoms with Gasteiger partial charge in [0.15, 0.2) is 0 Å². The smallest absolute Gasteiger partial charge is 0.128 e. The van der Waals surface area contributed by atoms with Crippen molar-refractivity contribution < 1.29 is 0 Å². The molecule has 0 aliphatic heterocycles.